The number of fused-ring (bicyclic) bond motifs is 1. The molecule has 3 saturated heterocycles. The number of hydrogen-bond acceptors (Lipinski definition) is 7. The molecule has 3 aliphatic heterocycles. The van der Waals surface area contributed by atoms with Gasteiger partial charge in [-0.3, -0.25) is 4.90 Å². The van der Waals surface area contributed by atoms with Gasteiger partial charge in [-0.25, -0.2) is 9.59 Å². The van der Waals surface area contributed by atoms with Crippen molar-refractivity contribution < 1.29 is 28.4 Å². The van der Waals surface area contributed by atoms with Crippen molar-refractivity contribution in [1.82, 2.24) is 9.80 Å². The van der Waals surface area contributed by atoms with E-state index >= 15 is 0 Å². The van der Waals surface area contributed by atoms with Crippen LogP contribution in [0.1, 0.15) is 52.5 Å². The number of likely N-dealkylation sites (N-methyl/N-ethyl adjacent to an activating group) is 1. The molecule has 0 aromatic heterocycles. The molecule has 0 saturated carbocycles. The Morgan fingerprint density at radius 2 is 1.71 bits per heavy atom. The van der Waals surface area contributed by atoms with Gasteiger partial charge in [0.05, 0.1) is 18.3 Å². The number of amides is 1. The van der Waals surface area contributed by atoms with E-state index in [1.54, 1.807) is 4.90 Å². The fourth-order valence-electron chi connectivity index (χ4n) is 6.14. The zero-order valence-corrected chi connectivity index (χ0v) is 22.0. The number of benzene rings is 1. The van der Waals surface area contributed by atoms with Crippen molar-refractivity contribution in [3.63, 3.8) is 0 Å². The van der Waals surface area contributed by atoms with E-state index in [0.717, 1.165) is 31.1 Å². The van der Waals surface area contributed by atoms with Gasteiger partial charge in [-0.05, 0) is 59.5 Å². The lowest BCUT2D eigenvalue weighted by Crippen LogP contribution is -2.62. The maximum Gasteiger partial charge on any atom is 0.457 e. The summed E-state index contributed by atoms with van der Waals surface area (Å²) in [5.74, 6) is -0.369. The summed E-state index contributed by atoms with van der Waals surface area (Å²) in [6, 6.07) is 9.57. The van der Waals surface area contributed by atoms with Gasteiger partial charge in [0.25, 0.3) is 0 Å². The number of nitrogens with zero attached hydrogens (tertiary/aromatic N) is 2. The number of carbonyl (C=O) groups excluding carboxylic acids is 2. The van der Waals surface area contributed by atoms with Gasteiger partial charge in [-0.1, -0.05) is 36.8 Å². The number of esters is 1. The fraction of sp³-hybridized carbons (Fsp3) is 0.692. The van der Waals surface area contributed by atoms with Crippen molar-refractivity contribution >= 4 is 19.2 Å². The minimum absolute atomic E-state index is 0.165. The average molecular weight is 486 g/mol. The molecule has 0 bridgehead atoms. The number of rotatable bonds is 7. The second kappa shape index (κ2) is 9.41. The fourth-order valence-corrected chi connectivity index (χ4v) is 6.14. The van der Waals surface area contributed by atoms with Crippen LogP contribution in [0.25, 0.3) is 0 Å². The monoisotopic (exact) mass is 486 g/mol. The SMILES string of the molecule is COC(=O)C12CN(C)CC1(CCCB1OC(C)(C)C(C)(C)O1)CCN2C(=O)OCc1ccccc1. The van der Waals surface area contributed by atoms with Crippen LogP contribution in [-0.2, 0) is 30.2 Å². The first-order valence-electron chi connectivity index (χ1n) is 12.6. The highest BCUT2D eigenvalue weighted by molar-refractivity contribution is 6.45. The van der Waals surface area contributed by atoms with Gasteiger partial charge < -0.3 is 23.7 Å². The van der Waals surface area contributed by atoms with E-state index in [2.05, 4.69) is 32.6 Å². The molecule has 0 spiro atoms. The predicted octanol–water partition coefficient (Wildman–Crippen LogP) is 3.74. The van der Waals surface area contributed by atoms with E-state index < -0.39 is 17.0 Å². The summed E-state index contributed by atoms with van der Waals surface area (Å²) in [6.45, 7) is 9.98. The van der Waals surface area contributed by atoms with Gasteiger partial charge in [0, 0.05) is 25.0 Å². The first kappa shape index (κ1) is 26.0. The van der Waals surface area contributed by atoms with Gasteiger partial charge in [0.2, 0.25) is 0 Å². The molecule has 9 heteroatoms. The second-order valence-electron chi connectivity index (χ2n) is 11.3. The number of carbonyl (C=O) groups is 2. The highest BCUT2D eigenvalue weighted by Crippen LogP contribution is 2.55. The Labute approximate surface area is 209 Å². The van der Waals surface area contributed by atoms with Crippen molar-refractivity contribution in [3.8, 4) is 0 Å². The first-order valence-corrected chi connectivity index (χ1v) is 12.6. The summed E-state index contributed by atoms with van der Waals surface area (Å²) in [6.07, 6.45) is 2.56. The number of ether oxygens (including phenoxy) is 2. The molecule has 2 atom stereocenters. The lowest BCUT2D eigenvalue weighted by Gasteiger charge is -2.41. The third-order valence-corrected chi connectivity index (χ3v) is 8.57. The van der Waals surface area contributed by atoms with Crippen LogP contribution in [0.3, 0.4) is 0 Å². The van der Waals surface area contributed by atoms with Gasteiger partial charge in [0.1, 0.15) is 6.61 Å². The van der Waals surface area contributed by atoms with Gasteiger partial charge in [-0.15, -0.1) is 0 Å². The molecule has 8 nitrogen and oxygen atoms in total. The molecule has 0 radical (unpaired) electrons. The largest absolute Gasteiger partial charge is 0.467 e. The second-order valence-corrected chi connectivity index (χ2v) is 11.3. The van der Waals surface area contributed by atoms with Crippen LogP contribution in [0.15, 0.2) is 30.3 Å². The lowest BCUT2D eigenvalue weighted by atomic mass is 9.67. The Balaban J connectivity index is 1.49. The van der Waals surface area contributed by atoms with Crippen LogP contribution >= 0.6 is 0 Å². The number of hydrogen-bond donors (Lipinski definition) is 0. The molecule has 3 fully saturated rings. The topological polar surface area (TPSA) is 77.5 Å². The quantitative estimate of drug-likeness (QED) is 0.429. The highest BCUT2D eigenvalue weighted by atomic mass is 16.7. The predicted molar refractivity (Wildman–Crippen MR) is 133 cm³/mol. The van der Waals surface area contributed by atoms with Crippen LogP contribution in [0, 0.1) is 5.41 Å². The van der Waals surface area contributed by atoms with E-state index in [9.17, 15) is 9.59 Å². The minimum Gasteiger partial charge on any atom is -0.467 e. The summed E-state index contributed by atoms with van der Waals surface area (Å²) in [4.78, 5) is 30.5. The Morgan fingerprint density at radius 1 is 1.06 bits per heavy atom. The summed E-state index contributed by atoms with van der Waals surface area (Å²) < 4.78 is 23.4. The summed E-state index contributed by atoms with van der Waals surface area (Å²) in [5.41, 5.74) is -1.31. The molecule has 2 unspecified atom stereocenters. The average Bonchev–Trinajstić information content (AvgIpc) is 3.33. The maximum atomic E-state index is 13.4. The van der Waals surface area contributed by atoms with Crippen LogP contribution < -0.4 is 0 Å². The molecule has 0 N–H and O–H groups in total. The zero-order chi connectivity index (χ0) is 25.5. The van der Waals surface area contributed by atoms with E-state index in [4.69, 9.17) is 18.8 Å². The molecular formula is C26H39BN2O6. The Morgan fingerprint density at radius 3 is 2.34 bits per heavy atom. The van der Waals surface area contributed by atoms with Crippen LogP contribution in [0.5, 0.6) is 0 Å². The van der Waals surface area contributed by atoms with Crippen molar-refractivity contribution in [1.29, 1.82) is 0 Å². The molecule has 192 valence electrons. The van der Waals surface area contributed by atoms with E-state index in [-0.39, 0.29) is 30.9 Å². The van der Waals surface area contributed by atoms with E-state index in [1.165, 1.54) is 7.11 Å². The Kier molecular flexibility index (Phi) is 6.99. The standard InChI is InChI=1S/C26H39BN2O6/c1-23(2)24(3,4)35-27(34-23)15-10-13-25-14-16-29(22(31)33-17-20-11-8-7-9-12-20)26(25,21(30)32-6)19-28(5)18-25/h7-9,11-12H,10,13-19H2,1-6H3. The maximum absolute atomic E-state index is 13.4. The molecule has 0 aliphatic carbocycles. The molecule has 1 aromatic carbocycles. The smallest absolute Gasteiger partial charge is 0.457 e. The van der Waals surface area contributed by atoms with Crippen LogP contribution in [0.4, 0.5) is 4.79 Å². The minimum atomic E-state index is -1.07. The Bertz CT molecular complexity index is 925. The summed E-state index contributed by atoms with van der Waals surface area (Å²) >= 11 is 0. The first-order chi connectivity index (χ1) is 16.5. The van der Waals surface area contributed by atoms with Crippen molar-refractivity contribution in [2.45, 2.75) is 76.6 Å². The van der Waals surface area contributed by atoms with E-state index in [1.807, 2.05) is 37.4 Å². The van der Waals surface area contributed by atoms with Crippen molar-refractivity contribution in [3.05, 3.63) is 35.9 Å². The van der Waals surface area contributed by atoms with E-state index in [0.29, 0.717) is 19.6 Å². The van der Waals surface area contributed by atoms with Crippen molar-refractivity contribution in [2.75, 3.05) is 33.8 Å². The summed E-state index contributed by atoms with van der Waals surface area (Å²) in [5, 5.41) is 0. The highest BCUT2D eigenvalue weighted by Gasteiger charge is 2.69. The van der Waals surface area contributed by atoms with Crippen LogP contribution in [0.2, 0.25) is 6.32 Å². The number of likely N-dealkylation sites (tertiary alicyclic amines) is 2. The molecule has 35 heavy (non-hydrogen) atoms. The number of methoxy groups -OCH3 is 1. The molecule has 4 rings (SSSR count). The normalized spacial score (nSPS) is 29.3. The molecule has 1 amide bonds. The molecular weight excluding hydrogens is 447 g/mol. The molecule has 3 heterocycles. The third kappa shape index (κ3) is 4.47. The van der Waals surface area contributed by atoms with Gasteiger partial charge in [0.15, 0.2) is 5.54 Å². The Hall–Kier alpha value is -2.10. The van der Waals surface area contributed by atoms with Crippen molar-refractivity contribution in [2.24, 2.45) is 5.41 Å². The van der Waals surface area contributed by atoms with Gasteiger partial charge in [-0.2, -0.15) is 0 Å². The lowest BCUT2D eigenvalue weighted by molar-refractivity contribution is -0.156. The molecule has 1 aromatic rings. The third-order valence-electron chi connectivity index (χ3n) is 8.57. The van der Waals surface area contributed by atoms with Crippen LogP contribution in [-0.4, -0.2) is 79.5 Å². The zero-order valence-electron chi connectivity index (χ0n) is 22.0. The van der Waals surface area contributed by atoms with Gasteiger partial charge >= 0.3 is 19.2 Å². The summed E-state index contributed by atoms with van der Waals surface area (Å²) in [7, 11) is 3.11. The molecule has 3 aliphatic rings.